The first-order chi connectivity index (χ1) is 6.84. The number of nitrogens with zero attached hydrogens (tertiary/aromatic N) is 1. The zero-order chi connectivity index (χ0) is 9.54. The topological polar surface area (TPSA) is 29.3 Å². The molecule has 3 aliphatic rings. The fourth-order valence-corrected chi connectivity index (χ4v) is 3.61. The number of likely N-dealkylation sites (tertiary alicyclic amines) is 1. The van der Waals surface area contributed by atoms with E-state index in [1.165, 1.54) is 51.6 Å². The molecule has 1 heterocycles. The minimum Gasteiger partial charge on any atom is -0.326 e. The minimum absolute atomic E-state index is 0. The number of hydrogen-bond donors (Lipinski definition) is 1. The van der Waals surface area contributed by atoms with Crippen LogP contribution in [0.25, 0.3) is 0 Å². The summed E-state index contributed by atoms with van der Waals surface area (Å²) in [5, 5.41) is 0. The maximum atomic E-state index is 5.99. The van der Waals surface area contributed by atoms with Crippen LogP contribution in [0.1, 0.15) is 38.5 Å². The number of rotatable bonds is 2. The van der Waals surface area contributed by atoms with E-state index in [9.17, 15) is 0 Å². The van der Waals surface area contributed by atoms with E-state index in [0.29, 0.717) is 6.04 Å². The molecule has 2 aliphatic carbocycles. The summed E-state index contributed by atoms with van der Waals surface area (Å²) in [6.45, 7) is 2.45. The molecule has 0 bridgehead atoms. The van der Waals surface area contributed by atoms with E-state index >= 15 is 0 Å². The zero-order valence-electron chi connectivity index (χ0n) is 9.40. The van der Waals surface area contributed by atoms with Crippen molar-refractivity contribution in [3.05, 3.63) is 0 Å². The lowest BCUT2D eigenvalue weighted by molar-refractivity contribution is 0.181. The highest BCUT2D eigenvalue weighted by Gasteiger charge is 2.42. The van der Waals surface area contributed by atoms with Gasteiger partial charge in [-0.25, -0.2) is 0 Å². The van der Waals surface area contributed by atoms with Gasteiger partial charge in [-0.3, -0.25) is 4.90 Å². The van der Waals surface area contributed by atoms with Crippen LogP contribution >= 0.6 is 12.4 Å². The summed E-state index contributed by atoms with van der Waals surface area (Å²) in [5.74, 6) is 2.14. The van der Waals surface area contributed by atoms with Crippen molar-refractivity contribution in [2.45, 2.75) is 50.6 Å². The van der Waals surface area contributed by atoms with Crippen LogP contribution in [0.2, 0.25) is 0 Å². The summed E-state index contributed by atoms with van der Waals surface area (Å²) in [5.41, 5.74) is 5.99. The molecule has 2 unspecified atom stereocenters. The van der Waals surface area contributed by atoms with Gasteiger partial charge in [0.2, 0.25) is 0 Å². The van der Waals surface area contributed by atoms with Gasteiger partial charge in [-0.15, -0.1) is 12.4 Å². The molecule has 3 atom stereocenters. The molecule has 3 fully saturated rings. The normalized spacial score (nSPS) is 41.8. The Labute approximate surface area is 99.0 Å². The van der Waals surface area contributed by atoms with Crippen molar-refractivity contribution >= 4 is 12.4 Å². The van der Waals surface area contributed by atoms with E-state index in [2.05, 4.69) is 4.90 Å². The van der Waals surface area contributed by atoms with Gasteiger partial charge in [0.1, 0.15) is 0 Å². The molecular weight excluding hydrogens is 208 g/mol. The van der Waals surface area contributed by atoms with Gasteiger partial charge in [-0.1, -0.05) is 6.42 Å². The van der Waals surface area contributed by atoms with E-state index < -0.39 is 0 Å². The number of nitrogens with two attached hydrogens (primary N) is 1. The number of halogens is 1. The van der Waals surface area contributed by atoms with E-state index in [0.717, 1.165) is 17.9 Å². The largest absolute Gasteiger partial charge is 0.326 e. The molecular formula is C12H23ClN2. The van der Waals surface area contributed by atoms with Crippen LogP contribution in [0.15, 0.2) is 0 Å². The summed E-state index contributed by atoms with van der Waals surface area (Å²) in [6.07, 6.45) is 8.68. The Morgan fingerprint density at radius 2 is 1.80 bits per heavy atom. The highest BCUT2D eigenvalue weighted by molar-refractivity contribution is 5.85. The highest BCUT2D eigenvalue weighted by atomic mass is 35.5. The third kappa shape index (κ3) is 2.32. The second-order valence-corrected chi connectivity index (χ2v) is 5.54. The Balaban J connectivity index is 0.000000853. The molecule has 2 nitrogen and oxygen atoms in total. The Morgan fingerprint density at radius 3 is 2.40 bits per heavy atom. The molecule has 1 saturated heterocycles. The smallest absolute Gasteiger partial charge is 0.0180 e. The first-order valence-corrected chi connectivity index (χ1v) is 6.34. The maximum Gasteiger partial charge on any atom is 0.0180 e. The monoisotopic (exact) mass is 230 g/mol. The molecule has 2 N–H and O–H groups in total. The average Bonchev–Trinajstić information content (AvgIpc) is 2.75. The van der Waals surface area contributed by atoms with Crippen molar-refractivity contribution in [3.8, 4) is 0 Å². The predicted molar refractivity (Wildman–Crippen MR) is 65.3 cm³/mol. The van der Waals surface area contributed by atoms with Crippen LogP contribution in [-0.2, 0) is 0 Å². The standard InChI is InChI=1S/C12H22N2.ClH/c13-10-6-7-14(8-10)12-3-1-2-11(12)9-4-5-9;/h9-12H,1-8,13H2;1H/t10-,11?,12?;/m0./s1. The molecule has 15 heavy (non-hydrogen) atoms. The van der Waals surface area contributed by atoms with Crippen molar-refractivity contribution in [2.75, 3.05) is 13.1 Å². The van der Waals surface area contributed by atoms with Gasteiger partial charge < -0.3 is 5.73 Å². The van der Waals surface area contributed by atoms with Crippen molar-refractivity contribution < 1.29 is 0 Å². The summed E-state index contributed by atoms with van der Waals surface area (Å²) in [4.78, 5) is 2.70. The van der Waals surface area contributed by atoms with Gasteiger partial charge in [0.15, 0.2) is 0 Å². The quantitative estimate of drug-likeness (QED) is 0.787. The van der Waals surface area contributed by atoms with Crippen LogP contribution in [-0.4, -0.2) is 30.1 Å². The van der Waals surface area contributed by atoms with E-state index in [4.69, 9.17) is 5.73 Å². The van der Waals surface area contributed by atoms with Crippen LogP contribution in [0.5, 0.6) is 0 Å². The molecule has 2 saturated carbocycles. The maximum absolute atomic E-state index is 5.99. The van der Waals surface area contributed by atoms with Crippen LogP contribution in [0.4, 0.5) is 0 Å². The molecule has 0 aromatic carbocycles. The Morgan fingerprint density at radius 1 is 1.00 bits per heavy atom. The predicted octanol–water partition coefficient (Wildman–Crippen LogP) is 2.02. The summed E-state index contributed by atoms with van der Waals surface area (Å²) in [7, 11) is 0. The van der Waals surface area contributed by atoms with Gasteiger partial charge in [0.25, 0.3) is 0 Å². The molecule has 0 spiro atoms. The van der Waals surface area contributed by atoms with Crippen LogP contribution in [0.3, 0.4) is 0 Å². The lowest BCUT2D eigenvalue weighted by Crippen LogP contribution is -2.38. The van der Waals surface area contributed by atoms with Crippen molar-refractivity contribution in [1.29, 1.82) is 0 Å². The average molecular weight is 231 g/mol. The van der Waals surface area contributed by atoms with Crippen molar-refractivity contribution in [1.82, 2.24) is 4.90 Å². The van der Waals surface area contributed by atoms with E-state index in [-0.39, 0.29) is 12.4 Å². The van der Waals surface area contributed by atoms with E-state index in [1.54, 1.807) is 0 Å². The molecule has 0 aromatic rings. The lowest BCUT2D eigenvalue weighted by Gasteiger charge is -2.29. The highest BCUT2D eigenvalue weighted by Crippen LogP contribution is 2.47. The third-order valence-corrected chi connectivity index (χ3v) is 4.48. The molecule has 1 aliphatic heterocycles. The molecule has 0 aromatic heterocycles. The Kier molecular flexibility index (Phi) is 3.59. The summed E-state index contributed by atoms with van der Waals surface area (Å²) < 4.78 is 0. The summed E-state index contributed by atoms with van der Waals surface area (Å²) >= 11 is 0. The molecule has 0 amide bonds. The van der Waals surface area contributed by atoms with Gasteiger partial charge >= 0.3 is 0 Å². The van der Waals surface area contributed by atoms with Gasteiger partial charge in [0.05, 0.1) is 0 Å². The first kappa shape index (κ1) is 11.7. The lowest BCUT2D eigenvalue weighted by atomic mass is 9.97. The van der Waals surface area contributed by atoms with Crippen LogP contribution < -0.4 is 5.73 Å². The van der Waals surface area contributed by atoms with Gasteiger partial charge in [0, 0.05) is 25.2 Å². The molecule has 88 valence electrons. The first-order valence-electron chi connectivity index (χ1n) is 6.34. The van der Waals surface area contributed by atoms with E-state index in [1.807, 2.05) is 0 Å². The van der Waals surface area contributed by atoms with Gasteiger partial charge in [-0.2, -0.15) is 0 Å². The third-order valence-electron chi connectivity index (χ3n) is 4.48. The fourth-order valence-electron chi connectivity index (χ4n) is 3.61. The fraction of sp³-hybridized carbons (Fsp3) is 1.00. The second-order valence-electron chi connectivity index (χ2n) is 5.54. The molecule has 0 radical (unpaired) electrons. The minimum atomic E-state index is 0. The zero-order valence-corrected chi connectivity index (χ0v) is 10.2. The second kappa shape index (κ2) is 4.60. The van der Waals surface area contributed by atoms with Crippen LogP contribution in [0, 0.1) is 11.8 Å². The van der Waals surface area contributed by atoms with Gasteiger partial charge in [-0.05, 0) is 43.9 Å². The SMILES string of the molecule is Cl.N[C@H]1CCN(C2CCCC2C2CC2)C1. The Bertz CT molecular complexity index is 218. The Hall–Kier alpha value is 0.210. The number of hydrogen-bond acceptors (Lipinski definition) is 2. The van der Waals surface area contributed by atoms with Crippen molar-refractivity contribution in [2.24, 2.45) is 17.6 Å². The summed E-state index contributed by atoms with van der Waals surface area (Å²) in [6, 6.07) is 1.38. The molecule has 3 rings (SSSR count). The van der Waals surface area contributed by atoms with Crippen molar-refractivity contribution in [3.63, 3.8) is 0 Å². The molecule has 3 heteroatoms.